The summed E-state index contributed by atoms with van der Waals surface area (Å²) < 4.78 is 28.5. The summed E-state index contributed by atoms with van der Waals surface area (Å²) in [7, 11) is -3.67. The van der Waals surface area contributed by atoms with Crippen molar-refractivity contribution in [3.63, 3.8) is 0 Å². The summed E-state index contributed by atoms with van der Waals surface area (Å²) in [5.41, 5.74) is 0. The monoisotopic (exact) mass is 289 g/mol. The Labute approximate surface area is 114 Å². The minimum Gasteiger partial charge on any atom is -0.395 e. The van der Waals surface area contributed by atoms with Gasteiger partial charge in [0.2, 0.25) is 0 Å². The Kier molecular flexibility index (Phi) is 5.51. The molecule has 0 saturated heterocycles. The number of hydrogen-bond donors (Lipinski definition) is 2. The SMILES string of the molecule is CC(C)CC(CO)NS(=O)(=O)c1cn(C(C)C)cn1. The molecular weight excluding hydrogens is 266 g/mol. The Balaban J connectivity index is 2.84. The maximum Gasteiger partial charge on any atom is 0.259 e. The van der Waals surface area contributed by atoms with Gasteiger partial charge in [-0.1, -0.05) is 13.8 Å². The molecule has 110 valence electrons. The summed E-state index contributed by atoms with van der Waals surface area (Å²) in [4.78, 5) is 3.91. The molecule has 6 nitrogen and oxygen atoms in total. The molecule has 1 aromatic rings. The fourth-order valence-electron chi connectivity index (χ4n) is 1.75. The van der Waals surface area contributed by atoms with Crippen molar-refractivity contribution < 1.29 is 13.5 Å². The zero-order chi connectivity index (χ0) is 14.6. The van der Waals surface area contributed by atoms with Crippen molar-refractivity contribution in [3.05, 3.63) is 12.5 Å². The number of aromatic nitrogens is 2. The Morgan fingerprint density at radius 3 is 2.42 bits per heavy atom. The number of nitrogens with one attached hydrogen (secondary N) is 1. The molecule has 0 spiro atoms. The first-order valence-electron chi connectivity index (χ1n) is 6.43. The highest BCUT2D eigenvalue weighted by Gasteiger charge is 2.22. The van der Waals surface area contributed by atoms with Crippen LogP contribution in [0, 0.1) is 5.92 Å². The molecule has 0 saturated carbocycles. The third-order valence-corrected chi connectivity index (χ3v) is 4.15. The van der Waals surface area contributed by atoms with E-state index >= 15 is 0 Å². The predicted molar refractivity (Wildman–Crippen MR) is 73.3 cm³/mol. The van der Waals surface area contributed by atoms with Crippen molar-refractivity contribution in [1.82, 2.24) is 14.3 Å². The van der Waals surface area contributed by atoms with Crippen LogP contribution >= 0.6 is 0 Å². The van der Waals surface area contributed by atoms with Crippen LogP contribution in [0.1, 0.15) is 40.2 Å². The minimum absolute atomic E-state index is 0.0107. The fourth-order valence-corrected chi connectivity index (χ4v) is 2.92. The topological polar surface area (TPSA) is 84.2 Å². The number of hydrogen-bond acceptors (Lipinski definition) is 4. The van der Waals surface area contributed by atoms with Gasteiger partial charge in [-0.2, -0.15) is 0 Å². The van der Waals surface area contributed by atoms with Crippen LogP contribution in [-0.2, 0) is 10.0 Å². The molecule has 1 unspecified atom stereocenters. The normalized spacial score (nSPS) is 14.3. The molecule has 1 rings (SSSR count). The van der Waals surface area contributed by atoms with Gasteiger partial charge in [0.15, 0.2) is 5.03 Å². The molecule has 0 radical (unpaired) electrons. The molecule has 0 aromatic carbocycles. The van der Waals surface area contributed by atoms with Gasteiger partial charge in [-0.25, -0.2) is 18.1 Å². The lowest BCUT2D eigenvalue weighted by Gasteiger charge is -2.17. The van der Waals surface area contributed by atoms with E-state index in [9.17, 15) is 13.5 Å². The molecule has 1 atom stereocenters. The van der Waals surface area contributed by atoms with E-state index in [0.29, 0.717) is 12.3 Å². The average Bonchev–Trinajstić information content (AvgIpc) is 2.77. The van der Waals surface area contributed by atoms with Crippen molar-refractivity contribution in [2.24, 2.45) is 5.92 Å². The van der Waals surface area contributed by atoms with Gasteiger partial charge in [0, 0.05) is 18.3 Å². The Hall–Kier alpha value is -0.920. The van der Waals surface area contributed by atoms with Crippen LogP contribution in [0.4, 0.5) is 0 Å². The molecule has 0 bridgehead atoms. The van der Waals surface area contributed by atoms with Crippen LogP contribution in [0.3, 0.4) is 0 Å². The minimum atomic E-state index is -3.67. The zero-order valence-corrected chi connectivity index (χ0v) is 12.7. The molecule has 2 N–H and O–H groups in total. The lowest BCUT2D eigenvalue weighted by molar-refractivity contribution is 0.240. The maximum atomic E-state index is 12.1. The van der Waals surface area contributed by atoms with E-state index in [4.69, 9.17) is 0 Å². The van der Waals surface area contributed by atoms with Gasteiger partial charge in [-0.05, 0) is 26.2 Å². The smallest absolute Gasteiger partial charge is 0.259 e. The van der Waals surface area contributed by atoms with E-state index in [1.165, 1.54) is 12.5 Å². The molecule has 7 heteroatoms. The van der Waals surface area contributed by atoms with E-state index < -0.39 is 16.1 Å². The van der Waals surface area contributed by atoms with Crippen molar-refractivity contribution in [3.8, 4) is 0 Å². The van der Waals surface area contributed by atoms with Crippen LogP contribution < -0.4 is 4.72 Å². The van der Waals surface area contributed by atoms with Crippen molar-refractivity contribution in [2.45, 2.75) is 51.2 Å². The molecule has 0 fully saturated rings. The summed E-state index contributed by atoms with van der Waals surface area (Å²) in [6.07, 6.45) is 3.58. The van der Waals surface area contributed by atoms with E-state index in [1.54, 1.807) is 4.57 Å². The zero-order valence-electron chi connectivity index (χ0n) is 11.9. The molecule has 0 aliphatic carbocycles. The second-order valence-electron chi connectivity index (χ2n) is 5.38. The molecular formula is C12H23N3O3S. The second-order valence-corrected chi connectivity index (χ2v) is 7.04. The third-order valence-electron chi connectivity index (χ3n) is 2.75. The lowest BCUT2D eigenvalue weighted by Crippen LogP contribution is -2.38. The summed E-state index contributed by atoms with van der Waals surface area (Å²) >= 11 is 0. The molecule has 19 heavy (non-hydrogen) atoms. The maximum absolute atomic E-state index is 12.1. The molecule has 0 aliphatic rings. The van der Waals surface area contributed by atoms with Crippen LogP contribution in [-0.4, -0.2) is 35.7 Å². The van der Waals surface area contributed by atoms with Gasteiger partial charge in [-0.15, -0.1) is 0 Å². The van der Waals surface area contributed by atoms with Crippen molar-refractivity contribution >= 4 is 10.0 Å². The number of rotatable bonds is 7. The van der Waals surface area contributed by atoms with Gasteiger partial charge >= 0.3 is 0 Å². The van der Waals surface area contributed by atoms with Gasteiger partial charge in [-0.3, -0.25) is 0 Å². The highest BCUT2D eigenvalue weighted by Crippen LogP contribution is 2.12. The first kappa shape index (κ1) is 16.1. The quantitative estimate of drug-likeness (QED) is 0.788. The number of imidazole rings is 1. The van der Waals surface area contributed by atoms with Crippen LogP contribution in [0.25, 0.3) is 0 Å². The second kappa shape index (κ2) is 6.49. The number of aliphatic hydroxyl groups is 1. The number of sulfonamides is 1. The average molecular weight is 289 g/mol. The van der Waals surface area contributed by atoms with Gasteiger partial charge < -0.3 is 9.67 Å². The Morgan fingerprint density at radius 2 is 2.00 bits per heavy atom. The van der Waals surface area contributed by atoms with E-state index in [0.717, 1.165) is 0 Å². The van der Waals surface area contributed by atoms with Gasteiger partial charge in [0.1, 0.15) is 0 Å². The standard InChI is InChI=1S/C12H23N3O3S/c1-9(2)5-11(7-16)14-19(17,18)12-6-15(8-13-12)10(3)4/h6,8-11,14,16H,5,7H2,1-4H3. The summed E-state index contributed by atoms with van der Waals surface area (Å²) in [5.74, 6) is 0.299. The lowest BCUT2D eigenvalue weighted by atomic mass is 10.1. The first-order valence-corrected chi connectivity index (χ1v) is 7.91. The first-order chi connectivity index (χ1) is 8.76. The van der Waals surface area contributed by atoms with Gasteiger partial charge in [0.05, 0.1) is 12.9 Å². The highest BCUT2D eigenvalue weighted by atomic mass is 32.2. The molecule has 0 aliphatic heterocycles. The van der Waals surface area contributed by atoms with Crippen LogP contribution in [0.5, 0.6) is 0 Å². The summed E-state index contributed by atoms with van der Waals surface area (Å²) in [6.45, 7) is 7.62. The van der Waals surface area contributed by atoms with E-state index in [-0.39, 0.29) is 17.7 Å². The number of nitrogens with zero attached hydrogens (tertiary/aromatic N) is 2. The van der Waals surface area contributed by atoms with Crippen LogP contribution in [0.15, 0.2) is 17.6 Å². The predicted octanol–water partition coefficient (Wildman–Crippen LogP) is 1.15. The highest BCUT2D eigenvalue weighted by molar-refractivity contribution is 7.89. The fraction of sp³-hybridized carbons (Fsp3) is 0.750. The van der Waals surface area contributed by atoms with Crippen LogP contribution in [0.2, 0.25) is 0 Å². The van der Waals surface area contributed by atoms with E-state index in [1.807, 2.05) is 27.7 Å². The Bertz CT molecular complexity index is 494. The summed E-state index contributed by atoms with van der Waals surface area (Å²) in [6, 6.07) is -0.324. The van der Waals surface area contributed by atoms with E-state index in [2.05, 4.69) is 9.71 Å². The largest absolute Gasteiger partial charge is 0.395 e. The van der Waals surface area contributed by atoms with Crippen molar-refractivity contribution in [2.75, 3.05) is 6.61 Å². The molecule has 1 heterocycles. The summed E-state index contributed by atoms with van der Waals surface area (Å²) in [5, 5.41) is 9.22. The van der Waals surface area contributed by atoms with Gasteiger partial charge in [0.25, 0.3) is 10.0 Å². The van der Waals surface area contributed by atoms with Crippen molar-refractivity contribution in [1.29, 1.82) is 0 Å². The Morgan fingerprint density at radius 1 is 1.37 bits per heavy atom. The molecule has 0 amide bonds. The third kappa shape index (κ3) is 4.59. The molecule has 1 aromatic heterocycles. The number of aliphatic hydroxyl groups excluding tert-OH is 1.